The zero-order valence-corrected chi connectivity index (χ0v) is 10.7. The van der Waals surface area contributed by atoms with Gasteiger partial charge in [0.15, 0.2) is 6.29 Å². The van der Waals surface area contributed by atoms with E-state index in [9.17, 15) is 9.59 Å². The first-order chi connectivity index (χ1) is 9.56. The predicted octanol–water partition coefficient (Wildman–Crippen LogP) is 1.04. The maximum absolute atomic E-state index is 11.1. The van der Waals surface area contributed by atoms with Gasteiger partial charge in [-0.05, 0) is 24.3 Å². The van der Waals surface area contributed by atoms with Crippen molar-refractivity contribution in [2.75, 3.05) is 12.8 Å². The van der Waals surface area contributed by atoms with Gasteiger partial charge in [0.25, 0.3) is 0 Å². The van der Waals surface area contributed by atoms with Gasteiger partial charge in [0.1, 0.15) is 23.8 Å². The molecule has 0 aliphatic carbocycles. The molecule has 1 heterocycles. The number of nitrogens with two attached hydrogens (primary N) is 1. The second-order valence-corrected chi connectivity index (χ2v) is 4.05. The zero-order chi connectivity index (χ0) is 14.7. The number of hydrogen-bond acceptors (Lipinski definition) is 5. The first kappa shape index (κ1) is 13.6. The lowest BCUT2D eigenvalue weighted by Crippen LogP contribution is -2.12. The monoisotopic (exact) mass is 275 g/mol. The number of carboxylic acid groups (broad SMARTS) is 1. The first-order valence-corrected chi connectivity index (χ1v) is 5.74. The second-order valence-electron chi connectivity index (χ2n) is 4.05. The molecule has 0 saturated heterocycles. The van der Waals surface area contributed by atoms with Crippen molar-refractivity contribution in [3.63, 3.8) is 0 Å². The number of carbonyl (C=O) groups excluding carboxylic acids is 1. The lowest BCUT2D eigenvalue weighted by atomic mass is 10.1. The number of aliphatic carboxylic acids is 1. The number of aldehydes is 1. The van der Waals surface area contributed by atoms with E-state index in [-0.39, 0.29) is 11.4 Å². The summed E-state index contributed by atoms with van der Waals surface area (Å²) in [6.45, 7) is -0.400. The molecule has 0 bridgehead atoms. The van der Waals surface area contributed by atoms with Crippen molar-refractivity contribution in [2.45, 2.75) is 6.54 Å². The molecule has 0 fully saturated rings. The van der Waals surface area contributed by atoms with Crippen LogP contribution in [0.2, 0.25) is 0 Å². The standard InChI is InChI=1S/C13H13N3O4/c1-20-9-4-2-8(3-5-9)12-10(7-17)13(14)16(15-12)6-11(18)19/h2-5,7H,6,14H2,1H3,(H,18,19). The van der Waals surface area contributed by atoms with Crippen LogP contribution in [-0.4, -0.2) is 34.3 Å². The molecule has 0 saturated carbocycles. The Morgan fingerprint density at radius 3 is 2.60 bits per heavy atom. The van der Waals surface area contributed by atoms with Gasteiger partial charge >= 0.3 is 5.97 Å². The molecular formula is C13H13N3O4. The van der Waals surface area contributed by atoms with Crippen molar-refractivity contribution >= 4 is 18.1 Å². The molecule has 0 unspecified atom stereocenters. The van der Waals surface area contributed by atoms with Gasteiger partial charge in [0.05, 0.1) is 12.7 Å². The van der Waals surface area contributed by atoms with E-state index in [1.165, 1.54) is 0 Å². The Hall–Kier alpha value is -2.83. The van der Waals surface area contributed by atoms with Gasteiger partial charge in [-0.2, -0.15) is 5.10 Å². The third-order valence-corrected chi connectivity index (χ3v) is 2.80. The number of aromatic nitrogens is 2. The van der Waals surface area contributed by atoms with E-state index in [0.29, 0.717) is 23.3 Å². The maximum atomic E-state index is 11.1. The van der Waals surface area contributed by atoms with E-state index >= 15 is 0 Å². The minimum Gasteiger partial charge on any atom is -0.497 e. The summed E-state index contributed by atoms with van der Waals surface area (Å²) in [7, 11) is 1.55. The predicted molar refractivity (Wildman–Crippen MR) is 71.7 cm³/mol. The Labute approximate surface area is 114 Å². The third kappa shape index (κ3) is 2.46. The number of rotatable bonds is 5. The van der Waals surface area contributed by atoms with E-state index in [4.69, 9.17) is 15.6 Å². The fraction of sp³-hybridized carbons (Fsp3) is 0.154. The van der Waals surface area contributed by atoms with Gasteiger partial charge < -0.3 is 15.6 Å². The number of methoxy groups -OCH3 is 1. The van der Waals surface area contributed by atoms with Crippen molar-refractivity contribution in [1.29, 1.82) is 0 Å². The van der Waals surface area contributed by atoms with Crippen LogP contribution in [0.1, 0.15) is 10.4 Å². The Kier molecular flexibility index (Phi) is 3.69. The van der Waals surface area contributed by atoms with Gasteiger partial charge in [0, 0.05) is 5.56 Å². The molecule has 20 heavy (non-hydrogen) atoms. The van der Waals surface area contributed by atoms with Gasteiger partial charge in [-0.25, -0.2) is 4.68 Å². The Morgan fingerprint density at radius 1 is 1.45 bits per heavy atom. The highest BCUT2D eigenvalue weighted by atomic mass is 16.5. The Morgan fingerprint density at radius 2 is 2.10 bits per heavy atom. The molecule has 1 aromatic heterocycles. The number of hydrogen-bond donors (Lipinski definition) is 2. The minimum absolute atomic E-state index is 0.0354. The molecule has 1 aromatic carbocycles. The number of carboxylic acids is 1. The van der Waals surface area contributed by atoms with E-state index in [1.54, 1.807) is 31.4 Å². The summed E-state index contributed by atoms with van der Waals surface area (Å²) in [5, 5.41) is 12.9. The van der Waals surface area contributed by atoms with Crippen LogP contribution in [0.15, 0.2) is 24.3 Å². The molecule has 0 aliphatic rings. The topological polar surface area (TPSA) is 107 Å². The molecule has 0 atom stereocenters. The van der Waals surface area contributed by atoms with Crippen molar-refractivity contribution in [3.05, 3.63) is 29.8 Å². The van der Waals surface area contributed by atoms with Crippen LogP contribution in [0.5, 0.6) is 5.75 Å². The zero-order valence-electron chi connectivity index (χ0n) is 10.7. The second kappa shape index (κ2) is 5.43. The van der Waals surface area contributed by atoms with Crippen LogP contribution >= 0.6 is 0 Å². The molecule has 0 amide bonds. The first-order valence-electron chi connectivity index (χ1n) is 5.74. The Bertz CT molecular complexity index is 646. The van der Waals surface area contributed by atoms with Crippen molar-refractivity contribution < 1.29 is 19.4 Å². The number of carbonyl (C=O) groups is 2. The molecule has 2 aromatic rings. The van der Waals surface area contributed by atoms with E-state index in [1.807, 2.05) is 0 Å². The molecule has 0 radical (unpaired) electrons. The molecular weight excluding hydrogens is 262 g/mol. The SMILES string of the molecule is COc1ccc(-c2nn(CC(=O)O)c(N)c2C=O)cc1. The molecule has 3 N–H and O–H groups in total. The number of nitrogen functional groups attached to an aromatic ring is 1. The van der Waals surface area contributed by atoms with Crippen molar-refractivity contribution in [3.8, 4) is 17.0 Å². The lowest BCUT2D eigenvalue weighted by Gasteiger charge is -2.01. The van der Waals surface area contributed by atoms with Crippen molar-refractivity contribution in [2.24, 2.45) is 0 Å². The summed E-state index contributed by atoms with van der Waals surface area (Å²) in [6, 6.07) is 6.88. The van der Waals surface area contributed by atoms with Crippen LogP contribution in [0.25, 0.3) is 11.3 Å². The average molecular weight is 275 g/mol. The summed E-state index contributed by atoms with van der Waals surface area (Å²) in [5.41, 5.74) is 6.92. The van der Waals surface area contributed by atoms with Gasteiger partial charge in [-0.1, -0.05) is 0 Å². The number of nitrogens with zero attached hydrogens (tertiary/aromatic N) is 2. The number of benzene rings is 1. The molecule has 104 valence electrons. The highest BCUT2D eigenvalue weighted by molar-refractivity contribution is 5.91. The minimum atomic E-state index is -1.09. The van der Waals surface area contributed by atoms with Crippen LogP contribution in [0.4, 0.5) is 5.82 Å². The average Bonchev–Trinajstić information content (AvgIpc) is 2.75. The summed E-state index contributed by atoms with van der Waals surface area (Å²) in [5.74, 6) is -0.384. The Balaban J connectivity index is 2.49. The molecule has 7 heteroatoms. The summed E-state index contributed by atoms with van der Waals surface area (Å²) < 4.78 is 6.13. The van der Waals surface area contributed by atoms with Crippen LogP contribution in [0, 0.1) is 0 Å². The summed E-state index contributed by atoms with van der Waals surface area (Å²) >= 11 is 0. The fourth-order valence-corrected chi connectivity index (χ4v) is 1.82. The van der Waals surface area contributed by atoms with E-state index in [2.05, 4.69) is 5.10 Å². The third-order valence-electron chi connectivity index (χ3n) is 2.80. The number of anilines is 1. The quantitative estimate of drug-likeness (QED) is 0.789. The highest BCUT2D eigenvalue weighted by Crippen LogP contribution is 2.27. The number of ether oxygens (including phenoxy) is 1. The van der Waals surface area contributed by atoms with Crippen LogP contribution in [-0.2, 0) is 11.3 Å². The van der Waals surface area contributed by atoms with Crippen LogP contribution in [0.3, 0.4) is 0 Å². The van der Waals surface area contributed by atoms with Gasteiger partial charge in [-0.3, -0.25) is 9.59 Å². The smallest absolute Gasteiger partial charge is 0.325 e. The molecule has 7 nitrogen and oxygen atoms in total. The highest BCUT2D eigenvalue weighted by Gasteiger charge is 2.17. The largest absolute Gasteiger partial charge is 0.497 e. The normalized spacial score (nSPS) is 10.2. The van der Waals surface area contributed by atoms with E-state index in [0.717, 1.165) is 4.68 Å². The summed E-state index contributed by atoms with van der Waals surface area (Å²) in [4.78, 5) is 21.9. The van der Waals surface area contributed by atoms with Crippen LogP contribution < -0.4 is 10.5 Å². The lowest BCUT2D eigenvalue weighted by molar-refractivity contribution is -0.137. The molecule has 0 aliphatic heterocycles. The maximum Gasteiger partial charge on any atom is 0.325 e. The fourth-order valence-electron chi connectivity index (χ4n) is 1.82. The van der Waals surface area contributed by atoms with Crippen molar-refractivity contribution in [1.82, 2.24) is 9.78 Å². The molecule has 0 spiro atoms. The summed E-state index contributed by atoms with van der Waals surface area (Å²) in [6.07, 6.45) is 0.570. The van der Waals surface area contributed by atoms with Gasteiger partial charge in [-0.15, -0.1) is 0 Å². The van der Waals surface area contributed by atoms with Gasteiger partial charge in [0.2, 0.25) is 0 Å². The molecule has 2 rings (SSSR count). The van der Waals surface area contributed by atoms with E-state index < -0.39 is 12.5 Å².